The second kappa shape index (κ2) is 9.72. The van der Waals surface area contributed by atoms with E-state index in [1.54, 1.807) is 6.92 Å². The number of hydrogen-bond acceptors (Lipinski definition) is 2. The molecule has 0 saturated carbocycles. The number of allylic oxidation sites excluding steroid dienone is 5. The lowest BCUT2D eigenvalue weighted by Crippen LogP contribution is -2.13. The molecule has 1 atom stereocenters. The number of carbonyl (C=O) groups is 1. The Hall–Kier alpha value is -3.55. The second-order valence-corrected chi connectivity index (χ2v) is 7.13. The lowest BCUT2D eigenvalue weighted by atomic mass is 9.90. The van der Waals surface area contributed by atoms with Crippen LogP contribution in [0.2, 0.25) is 0 Å². The third-order valence-corrected chi connectivity index (χ3v) is 4.55. The number of carboxylic acids is 1. The maximum atomic E-state index is 14.3. The highest BCUT2D eigenvalue weighted by Crippen LogP contribution is 2.35. The molecule has 1 heterocycles. The van der Waals surface area contributed by atoms with E-state index in [-0.39, 0.29) is 28.9 Å². The van der Waals surface area contributed by atoms with Gasteiger partial charge in [-0.1, -0.05) is 30.9 Å². The van der Waals surface area contributed by atoms with Gasteiger partial charge in [0.25, 0.3) is 0 Å². The van der Waals surface area contributed by atoms with Gasteiger partial charge in [0.2, 0.25) is 0 Å². The Morgan fingerprint density at radius 3 is 2.19 bits per heavy atom. The summed E-state index contributed by atoms with van der Waals surface area (Å²) in [5.41, 5.74) is -0.854. The van der Waals surface area contributed by atoms with Crippen LogP contribution in [0.1, 0.15) is 36.1 Å². The highest BCUT2D eigenvalue weighted by molar-refractivity contribution is 5.82. The summed E-state index contributed by atoms with van der Waals surface area (Å²) in [6, 6.07) is 6.52. The molecule has 1 N–H and O–H groups in total. The molecule has 1 aromatic carbocycles. The van der Waals surface area contributed by atoms with Crippen LogP contribution in [0.3, 0.4) is 0 Å². The molecular formula is C24H20F5NO2. The number of benzene rings is 1. The van der Waals surface area contributed by atoms with Gasteiger partial charge in [-0.3, -0.25) is 4.79 Å². The number of nitrogens with zero attached hydrogens (tertiary/aromatic N) is 1. The van der Waals surface area contributed by atoms with Crippen molar-refractivity contribution < 1.29 is 31.9 Å². The van der Waals surface area contributed by atoms with Crippen molar-refractivity contribution in [2.45, 2.75) is 25.4 Å². The molecule has 1 unspecified atom stereocenters. The van der Waals surface area contributed by atoms with E-state index < -0.39 is 40.9 Å². The van der Waals surface area contributed by atoms with E-state index in [1.807, 2.05) is 0 Å². The van der Waals surface area contributed by atoms with Crippen molar-refractivity contribution in [1.29, 1.82) is 0 Å². The molecule has 0 saturated heterocycles. The quantitative estimate of drug-likeness (QED) is 0.262. The fourth-order valence-corrected chi connectivity index (χ4v) is 3.05. The first-order valence-corrected chi connectivity index (χ1v) is 9.29. The summed E-state index contributed by atoms with van der Waals surface area (Å²) in [6.07, 6.45) is -3.77. The Kier molecular flexibility index (Phi) is 7.51. The van der Waals surface area contributed by atoms with Gasteiger partial charge in [-0.2, -0.15) is 13.2 Å². The van der Waals surface area contributed by atoms with Crippen molar-refractivity contribution in [2.75, 3.05) is 0 Å². The standard InChI is InChI=1S/C24H20F5NO2/c1-5-19(26)22(14(4)25)21-12-16(18(23(31)32)10-13(2)3)11-20(30-21)15-6-8-17(9-7-15)24(27,28)29/h5-9,11-12,18H,1-2,4,10H2,3H3,(H,31,32)/b22-19-. The number of carboxylic acid groups (broad SMARTS) is 1. The number of rotatable bonds is 8. The maximum absolute atomic E-state index is 14.3. The zero-order chi connectivity index (χ0) is 24.2. The molecule has 0 aliphatic heterocycles. The van der Waals surface area contributed by atoms with E-state index in [0.717, 1.165) is 30.3 Å². The first-order chi connectivity index (χ1) is 14.8. The molecule has 8 heteroatoms. The smallest absolute Gasteiger partial charge is 0.416 e. The first kappa shape index (κ1) is 24.7. The molecule has 0 aliphatic rings. The molecule has 0 fully saturated rings. The largest absolute Gasteiger partial charge is 0.481 e. The minimum Gasteiger partial charge on any atom is -0.481 e. The highest BCUT2D eigenvalue weighted by Gasteiger charge is 2.30. The topological polar surface area (TPSA) is 50.2 Å². The number of hydrogen-bond donors (Lipinski definition) is 1. The molecule has 0 bridgehead atoms. The second-order valence-electron chi connectivity index (χ2n) is 7.13. The summed E-state index contributed by atoms with van der Waals surface area (Å²) >= 11 is 0. The minimum absolute atomic E-state index is 0.0325. The van der Waals surface area contributed by atoms with Gasteiger partial charge < -0.3 is 5.11 Å². The number of pyridine rings is 1. The molecule has 2 rings (SSSR count). The summed E-state index contributed by atoms with van der Waals surface area (Å²) in [7, 11) is 0. The van der Waals surface area contributed by atoms with Crippen LogP contribution in [0.25, 0.3) is 16.8 Å². The van der Waals surface area contributed by atoms with Crippen molar-refractivity contribution in [3.8, 4) is 11.3 Å². The molecule has 0 radical (unpaired) electrons. The van der Waals surface area contributed by atoms with E-state index in [0.29, 0.717) is 5.57 Å². The van der Waals surface area contributed by atoms with Crippen LogP contribution in [0.15, 0.2) is 79.4 Å². The zero-order valence-corrected chi connectivity index (χ0v) is 17.1. The van der Waals surface area contributed by atoms with Crippen LogP contribution >= 0.6 is 0 Å². The van der Waals surface area contributed by atoms with Gasteiger partial charge >= 0.3 is 12.1 Å². The zero-order valence-electron chi connectivity index (χ0n) is 17.1. The summed E-state index contributed by atoms with van der Waals surface area (Å²) in [6.45, 7) is 11.7. The molecule has 0 spiro atoms. The van der Waals surface area contributed by atoms with Gasteiger partial charge in [0.05, 0.1) is 28.4 Å². The molecular weight excluding hydrogens is 429 g/mol. The van der Waals surface area contributed by atoms with Gasteiger partial charge in [0.1, 0.15) is 11.7 Å². The number of halogens is 5. The van der Waals surface area contributed by atoms with Crippen molar-refractivity contribution in [3.63, 3.8) is 0 Å². The molecule has 32 heavy (non-hydrogen) atoms. The maximum Gasteiger partial charge on any atom is 0.416 e. The fourth-order valence-electron chi connectivity index (χ4n) is 3.05. The van der Waals surface area contributed by atoms with Gasteiger partial charge in [0, 0.05) is 5.56 Å². The van der Waals surface area contributed by atoms with Crippen molar-refractivity contribution in [3.05, 3.63) is 96.3 Å². The van der Waals surface area contributed by atoms with Crippen LogP contribution in [0, 0.1) is 0 Å². The van der Waals surface area contributed by atoms with Crippen molar-refractivity contribution >= 4 is 11.5 Å². The van der Waals surface area contributed by atoms with Gasteiger partial charge in [-0.05, 0) is 49.2 Å². The monoisotopic (exact) mass is 449 g/mol. The van der Waals surface area contributed by atoms with Crippen LogP contribution in [0.5, 0.6) is 0 Å². The highest BCUT2D eigenvalue weighted by atomic mass is 19.4. The Bertz CT molecular complexity index is 1100. The van der Waals surface area contributed by atoms with Gasteiger partial charge in [-0.15, -0.1) is 6.58 Å². The van der Waals surface area contributed by atoms with E-state index in [9.17, 15) is 31.9 Å². The lowest BCUT2D eigenvalue weighted by molar-refractivity contribution is -0.139. The average molecular weight is 449 g/mol. The van der Waals surface area contributed by atoms with E-state index in [4.69, 9.17) is 0 Å². The summed E-state index contributed by atoms with van der Waals surface area (Å²) < 4.78 is 67.1. The Balaban J connectivity index is 2.79. The molecule has 0 aliphatic carbocycles. The third-order valence-electron chi connectivity index (χ3n) is 4.55. The van der Waals surface area contributed by atoms with Gasteiger partial charge in [0.15, 0.2) is 0 Å². The fraction of sp³-hybridized carbons (Fsp3) is 0.167. The molecule has 3 nitrogen and oxygen atoms in total. The SMILES string of the molecule is C=C/C(F)=C(\C(=C)F)c1cc(C(CC(=C)C)C(=O)O)cc(-c2ccc(C(F)(F)F)cc2)n1. The Labute approximate surface area is 181 Å². The van der Waals surface area contributed by atoms with Crippen LogP contribution < -0.4 is 0 Å². The first-order valence-electron chi connectivity index (χ1n) is 9.29. The molecule has 2 aromatic rings. The van der Waals surface area contributed by atoms with E-state index in [2.05, 4.69) is 24.7 Å². The third kappa shape index (κ3) is 5.78. The Morgan fingerprint density at radius 1 is 1.16 bits per heavy atom. The predicted octanol–water partition coefficient (Wildman–Crippen LogP) is 7.25. The van der Waals surface area contributed by atoms with E-state index >= 15 is 0 Å². The molecule has 0 amide bonds. The van der Waals surface area contributed by atoms with Crippen LogP contribution in [-0.4, -0.2) is 16.1 Å². The van der Waals surface area contributed by atoms with E-state index in [1.165, 1.54) is 12.1 Å². The summed E-state index contributed by atoms with van der Waals surface area (Å²) in [5, 5.41) is 9.68. The van der Waals surface area contributed by atoms with Crippen molar-refractivity contribution in [2.24, 2.45) is 0 Å². The van der Waals surface area contributed by atoms with Crippen molar-refractivity contribution in [1.82, 2.24) is 4.98 Å². The number of aliphatic carboxylic acids is 1. The van der Waals surface area contributed by atoms with Gasteiger partial charge in [-0.25, -0.2) is 13.8 Å². The van der Waals surface area contributed by atoms with Crippen LogP contribution in [0.4, 0.5) is 22.0 Å². The predicted molar refractivity (Wildman–Crippen MR) is 113 cm³/mol. The Morgan fingerprint density at radius 2 is 1.75 bits per heavy atom. The summed E-state index contributed by atoms with van der Waals surface area (Å²) in [4.78, 5) is 16.0. The molecule has 1 aromatic heterocycles. The number of alkyl halides is 3. The number of aromatic nitrogens is 1. The lowest BCUT2D eigenvalue weighted by Gasteiger charge is -2.17. The normalized spacial score (nSPS) is 13.2. The van der Waals surface area contributed by atoms with Crippen LogP contribution in [-0.2, 0) is 11.0 Å². The minimum atomic E-state index is -4.55. The average Bonchev–Trinajstić information content (AvgIpc) is 2.70. The molecule has 168 valence electrons. The summed E-state index contributed by atoms with van der Waals surface area (Å²) in [5.74, 6) is -4.58.